The quantitative estimate of drug-likeness (QED) is 0.715. The van der Waals surface area contributed by atoms with E-state index in [0.29, 0.717) is 6.54 Å². The van der Waals surface area contributed by atoms with E-state index in [4.69, 9.17) is 4.74 Å². The lowest BCUT2D eigenvalue weighted by Crippen LogP contribution is -2.38. The summed E-state index contributed by atoms with van der Waals surface area (Å²) in [7, 11) is 3.51. The van der Waals surface area contributed by atoms with Crippen molar-refractivity contribution in [3.8, 4) is 5.75 Å². The van der Waals surface area contributed by atoms with Crippen LogP contribution < -0.4 is 15.4 Å². The lowest BCUT2D eigenvalue weighted by molar-refractivity contribution is 0.237. The van der Waals surface area contributed by atoms with Crippen LogP contribution in [0.2, 0.25) is 0 Å². The van der Waals surface area contributed by atoms with Gasteiger partial charge in [0.05, 0.1) is 7.11 Å². The number of carbonyl (C=O) groups is 1. The van der Waals surface area contributed by atoms with Gasteiger partial charge in [-0.05, 0) is 35.4 Å². The predicted octanol–water partition coefficient (Wildman–Crippen LogP) is 2.41. The summed E-state index contributed by atoms with van der Waals surface area (Å²) in [5, 5.41) is 5.86. The molecule has 2 aromatic heterocycles. The molecule has 26 heavy (non-hydrogen) atoms. The molecule has 2 heterocycles. The maximum atomic E-state index is 12.5. The van der Waals surface area contributed by atoms with Gasteiger partial charge >= 0.3 is 6.03 Å². The van der Waals surface area contributed by atoms with Gasteiger partial charge in [0.1, 0.15) is 17.6 Å². The van der Waals surface area contributed by atoms with Gasteiger partial charge < -0.3 is 19.9 Å². The van der Waals surface area contributed by atoms with Crippen molar-refractivity contribution in [1.29, 1.82) is 0 Å². The van der Waals surface area contributed by atoms with Crippen LogP contribution >= 0.6 is 0 Å². The molecule has 0 spiro atoms. The van der Waals surface area contributed by atoms with Gasteiger partial charge in [0.25, 0.3) is 0 Å². The van der Waals surface area contributed by atoms with Crippen molar-refractivity contribution < 1.29 is 9.53 Å². The van der Waals surface area contributed by atoms with Crippen LogP contribution in [0.3, 0.4) is 0 Å². The topological polar surface area (TPSA) is 81.1 Å². The highest BCUT2D eigenvalue weighted by molar-refractivity contribution is 5.74. The van der Waals surface area contributed by atoms with E-state index >= 15 is 0 Å². The van der Waals surface area contributed by atoms with Gasteiger partial charge in [-0.2, -0.15) is 0 Å². The van der Waals surface area contributed by atoms with Crippen LogP contribution in [0.25, 0.3) is 0 Å². The number of ether oxygens (including phenoxy) is 1. The highest BCUT2D eigenvalue weighted by Crippen LogP contribution is 2.24. The zero-order chi connectivity index (χ0) is 18.4. The van der Waals surface area contributed by atoms with Crippen molar-refractivity contribution >= 4 is 6.03 Å². The summed E-state index contributed by atoms with van der Waals surface area (Å²) in [6.07, 6.45) is 6.95. The Bertz CT molecular complexity index is 863. The normalized spacial score (nSPS) is 11.6. The van der Waals surface area contributed by atoms with Crippen LogP contribution in [-0.2, 0) is 13.6 Å². The number of hydrogen-bond acceptors (Lipinski definition) is 4. The lowest BCUT2D eigenvalue weighted by Gasteiger charge is -2.20. The fourth-order valence-corrected chi connectivity index (χ4v) is 2.64. The maximum Gasteiger partial charge on any atom is 0.315 e. The molecule has 0 aliphatic rings. The van der Waals surface area contributed by atoms with Gasteiger partial charge in [0.15, 0.2) is 0 Å². The number of benzene rings is 1. The lowest BCUT2D eigenvalue weighted by atomic mass is 10.1. The van der Waals surface area contributed by atoms with Gasteiger partial charge in [-0.15, -0.1) is 0 Å². The van der Waals surface area contributed by atoms with Gasteiger partial charge in [-0.25, -0.2) is 9.78 Å². The van der Waals surface area contributed by atoms with Crippen LogP contribution in [0.1, 0.15) is 23.0 Å². The Kier molecular flexibility index (Phi) is 5.48. The second-order valence-electron chi connectivity index (χ2n) is 5.79. The summed E-state index contributed by atoms with van der Waals surface area (Å²) in [5.74, 6) is 1.46. The molecule has 0 saturated carbocycles. The molecular weight excluding hydrogens is 330 g/mol. The van der Waals surface area contributed by atoms with E-state index in [1.165, 1.54) is 0 Å². The first-order valence-corrected chi connectivity index (χ1v) is 8.22. The summed E-state index contributed by atoms with van der Waals surface area (Å²) in [4.78, 5) is 20.8. The molecule has 1 atom stereocenters. The van der Waals surface area contributed by atoms with Crippen molar-refractivity contribution in [3.05, 3.63) is 78.1 Å². The van der Waals surface area contributed by atoms with E-state index in [1.54, 1.807) is 25.7 Å². The molecule has 3 aromatic rings. The second kappa shape index (κ2) is 8.15. The molecule has 1 aromatic carbocycles. The Morgan fingerprint density at radius 2 is 2.04 bits per heavy atom. The Labute approximate surface area is 152 Å². The van der Waals surface area contributed by atoms with E-state index in [0.717, 1.165) is 22.7 Å². The smallest absolute Gasteiger partial charge is 0.315 e. The molecular formula is C19H21N5O2. The molecule has 3 rings (SSSR count). The van der Waals surface area contributed by atoms with E-state index < -0.39 is 6.04 Å². The molecule has 134 valence electrons. The number of imidazole rings is 1. The van der Waals surface area contributed by atoms with E-state index in [-0.39, 0.29) is 6.03 Å². The first-order valence-electron chi connectivity index (χ1n) is 8.22. The molecule has 0 aliphatic carbocycles. The zero-order valence-corrected chi connectivity index (χ0v) is 14.7. The summed E-state index contributed by atoms with van der Waals surface area (Å²) in [6, 6.07) is 10.6. The number of nitrogens with one attached hydrogen (secondary N) is 2. The average molecular weight is 351 g/mol. The molecule has 2 N–H and O–H groups in total. The van der Waals surface area contributed by atoms with Crippen molar-refractivity contribution in [3.63, 3.8) is 0 Å². The number of amides is 2. The Balaban J connectivity index is 1.77. The third-order valence-electron chi connectivity index (χ3n) is 4.02. The summed E-state index contributed by atoms with van der Waals surface area (Å²) in [5.41, 5.74) is 1.86. The van der Waals surface area contributed by atoms with E-state index in [1.807, 2.05) is 54.2 Å². The Hall–Kier alpha value is -3.35. The van der Waals surface area contributed by atoms with Crippen LogP contribution in [0.5, 0.6) is 5.75 Å². The number of urea groups is 1. The molecule has 7 heteroatoms. The molecule has 0 aliphatic heterocycles. The van der Waals surface area contributed by atoms with Crippen LogP contribution in [0.4, 0.5) is 4.79 Å². The third-order valence-corrected chi connectivity index (χ3v) is 4.02. The minimum absolute atomic E-state index is 0.280. The van der Waals surface area contributed by atoms with Crippen molar-refractivity contribution in [1.82, 2.24) is 25.2 Å². The molecule has 0 saturated heterocycles. The monoisotopic (exact) mass is 351 g/mol. The van der Waals surface area contributed by atoms with Gasteiger partial charge in [0.2, 0.25) is 0 Å². The molecule has 0 bridgehead atoms. The third kappa shape index (κ3) is 4.18. The molecule has 0 radical (unpaired) electrons. The highest BCUT2D eigenvalue weighted by atomic mass is 16.5. The molecule has 2 amide bonds. The number of aryl methyl sites for hydroxylation is 1. The second-order valence-corrected chi connectivity index (χ2v) is 5.79. The molecule has 1 unspecified atom stereocenters. The van der Waals surface area contributed by atoms with Crippen molar-refractivity contribution in [2.24, 2.45) is 7.05 Å². The van der Waals surface area contributed by atoms with Gasteiger partial charge in [-0.1, -0.05) is 12.1 Å². The predicted molar refractivity (Wildman–Crippen MR) is 97.7 cm³/mol. The van der Waals surface area contributed by atoms with Crippen molar-refractivity contribution in [2.75, 3.05) is 7.11 Å². The number of methoxy groups -OCH3 is 1. The van der Waals surface area contributed by atoms with E-state index in [9.17, 15) is 4.79 Å². The van der Waals surface area contributed by atoms with Crippen LogP contribution in [0.15, 0.2) is 61.2 Å². The summed E-state index contributed by atoms with van der Waals surface area (Å²) < 4.78 is 7.18. The van der Waals surface area contributed by atoms with Gasteiger partial charge in [-0.3, -0.25) is 4.98 Å². The first kappa shape index (κ1) is 17.5. The van der Waals surface area contributed by atoms with Gasteiger partial charge in [0, 0.05) is 38.4 Å². The number of pyridine rings is 1. The maximum absolute atomic E-state index is 12.5. The minimum atomic E-state index is -0.400. The number of hydrogen-bond donors (Lipinski definition) is 2. The fourth-order valence-electron chi connectivity index (χ4n) is 2.64. The Morgan fingerprint density at radius 3 is 2.73 bits per heavy atom. The zero-order valence-electron chi connectivity index (χ0n) is 14.7. The average Bonchev–Trinajstić information content (AvgIpc) is 3.11. The van der Waals surface area contributed by atoms with E-state index in [2.05, 4.69) is 20.6 Å². The van der Waals surface area contributed by atoms with Crippen LogP contribution in [0, 0.1) is 0 Å². The van der Waals surface area contributed by atoms with Crippen molar-refractivity contribution in [2.45, 2.75) is 12.6 Å². The number of aromatic nitrogens is 3. The number of rotatable bonds is 6. The fraction of sp³-hybridized carbons (Fsp3) is 0.211. The molecule has 0 fully saturated rings. The number of carbonyl (C=O) groups excluding carboxylic acids is 1. The summed E-state index contributed by atoms with van der Waals surface area (Å²) in [6.45, 7) is 0.416. The molecule has 7 nitrogen and oxygen atoms in total. The highest BCUT2D eigenvalue weighted by Gasteiger charge is 2.21. The number of nitrogens with zero attached hydrogens (tertiary/aromatic N) is 3. The standard InChI is InChI=1S/C19H21N5O2/c1-24-11-10-21-18(24)17(15-4-3-5-16(12-15)26-2)23-19(25)22-13-14-6-8-20-9-7-14/h3-12,17H,13H2,1-2H3,(H2,22,23,25). The minimum Gasteiger partial charge on any atom is -0.497 e. The first-order chi connectivity index (χ1) is 12.7. The van der Waals surface area contributed by atoms with Crippen LogP contribution in [-0.4, -0.2) is 27.7 Å². The summed E-state index contributed by atoms with van der Waals surface area (Å²) >= 11 is 0. The Morgan fingerprint density at radius 1 is 1.23 bits per heavy atom. The largest absolute Gasteiger partial charge is 0.497 e. The SMILES string of the molecule is COc1cccc(C(NC(=O)NCc2ccncc2)c2nccn2C)c1.